The molecule has 0 heterocycles. The van der Waals surface area contributed by atoms with Gasteiger partial charge in [0.1, 0.15) is 12.7 Å². The van der Waals surface area contributed by atoms with Crippen LogP contribution in [0, 0.1) is 0 Å². The van der Waals surface area contributed by atoms with Gasteiger partial charge in [0.25, 0.3) is 10.1 Å². The molecule has 0 saturated carbocycles. The Morgan fingerprint density at radius 3 is 2.38 bits per heavy atom. The van der Waals surface area contributed by atoms with Crippen molar-refractivity contribution >= 4 is 27.7 Å². The molecule has 0 spiro atoms. The van der Waals surface area contributed by atoms with Crippen molar-refractivity contribution in [3.63, 3.8) is 0 Å². The van der Waals surface area contributed by atoms with Crippen LogP contribution in [0.5, 0.6) is 0 Å². The maximum Gasteiger partial charge on any atom is 0.303 e. The number of rotatable bonds is 5. The summed E-state index contributed by atoms with van der Waals surface area (Å²) in [6.07, 6.45) is 0.181. The van der Waals surface area contributed by atoms with Crippen LogP contribution in [0.3, 0.4) is 0 Å². The van der Waals surface area contributed by atoms with E-state index in [0.717, 1.165) is 6.26 Å². The summed E-state index contributed by atoms with van der Waals surface area (Å²) in [5, 5.41) is 0. The molecule has 0 bridgehead atoms. The Morgan fingerprint density at radius 2 is 2.08 bits per heavy atom. The highest BCUT2D eigenvalue weighted by atomic mass is 35.5. The van der Waals surface area contributed by atoms with Crippen LogP contribution < -0.4 is 0 Å². The van der Waals surface area contributed by atoms with Gasteiger partial charge in [-0.15, -0.1) is 11.6 Å². The van der Waals surface area contributed by atoms with Crippen molar-refractivity contribution in [2.45, 2.75) is 13.0 Å². The third kappa shape index (κ3) is 8.01. The maximum atomic E-state index is 10.5. The highest BCUT2D eigenvalue weighted by Gasteiger charge is 2.13. The van der Waals surface area contributed by atoms with Crippen LogP contribution in [0.4, 0.5) is 0 Å². The van der Waals surface area contributed by atoms with Crippen LogP contribution in [-0.2, 0) is 23.8 Å². The molecular formula is C6H11ClO5S. The van der Waals surface area contributed by atoms with Crippen LogP contribution >= 0.6 is 11.6 Å². The van der Waals surface area contributed by atoms with Gasteiger partial charge in [0.15, 0.2) is 0 Å². The van der Waals surface area contributed by atoms with Crippen LogP contribution in [0.2, 0.25) is 0 Å². The highest BCUT2D eigenvalue weighted by Crippen LogP contribution is 1.99. The van der Waals surface area contributed by atoms with Crippen LogP contribution in [0.1, 0.15) is 6.92 Å². The summed E-state index contributed by atoms with van der Waals surface area (Å²) >= 11 is 5.39. The smallest absolute Gasteiger partial charge is 0.303 e. The Labute approximate surface area is 82.1 Å². The summed E-state index contributed by atoms with van der Waals surface area (Å²) in [6, 6.07) is 0. The SMILES string of the molecule is CC(=O)O[C@@H](CCl)COS(C)(=O)=O. The Hall–Kier alpha value is -0.330. The van der Waals surface area contributed by atoms with E-state index in [-0.39, 0.29) is 12.5 Å². The Kier molecular flexibility index (Phi) is 5.27. The van der Waals surface area contributed by atoms with Crippen molar-refractivity contribution in [1.82, 2.24) is 0 Å². The topological polar surface area (TPSA) is 69.7 Å². The van der Waals surface area contributed by atoms with Gasteiger partial charge in [-0.05, 0) is 0 Å². The van der Waals surface area contributed by atoms with Gasteiger partial charge >= 0.3 is 5.97 Å². The van der Waals surface area contributed by atoms with E-state index >= 15 is 0 Å². The Bertz CT molecular complexity index is 260. The minimum Gasteiger partial charge on any atom is -0.459 e. The average molecular weight is 231 g/mol. The fraction of sp³-hybridized carbons (Fsp3) is 0.833. The Morgan fingerprint density at radius 1 is 1.54 bits per heavy atom. The van der Waals surface area contributed by atoms with Gasteiger partial charge in [-0.2, -0.15) is 8.42 Å². The molecule has 0 saturated heterocycles. The van der Waals surface area contributed by atoms with Crippen molar-refractivity contribution < 1.29 is 22.1 Å². The van der Waals surface area contributed by atoms with Gasteiger partial charge < -0.3 is 4.74 Å². The summed E-state index contributed by atoms with van der Waals surface area (Å²) in [5.74, 6) is -0.530. The largest absolute Gasteiger partial charge is 0.459 e. The minimum absolute atomic E-state index is 0.00486. The number of ether oxygens (including phenoxy) is 1. The van der Waals surface area contributed by atoms with Crippen molar-refractivity contribution in [3.05, 3.63) is 0 Å². The lowest BCUT2D eigenvalue weighted by molar-refractivity contribution is -0.146. The second kappa shape index (κ2) is 5.41. The second-order valence-electron chi connectivity index (χ2n) is 2.37. The number of carbonyl (C=O) groups excluding carboxylic acids is 1. The molecule has 1 atom stereocenters. The van der Waals surface area contributed by atoms with Crippen LogP contribution in [-0.4, -0.2) is 39.2 Å². The number of halogens is 1. The Balaban J connectivity index is 3.93. The molecule has 0 aliphatic carbocycles. The first-order valence-electron chi connectivity index (χ1n) is 3.42. The summed E-state index contributed by atoms with van der Waals surface area (Å²) in [4.78, 5) is 10.5. The van der Waals surface area contributed by atoms with E-state index in [1.165, 1.54) is 6.92 Å². The van der Waals surface area contributed by atoms with E-state index in [2.05, 4.69) is 8.92 Å². The third-order valence-electron chi connectivity index (χ3n) is 0.973. The molecule has 0 aromatic heterocycles. The van der Waals surface area contributed by atoms with Gasteiger partial charge in [-0.3, -0.25) is 8.98 Å². The summed E-state index contributed by atoms with van der Waals surface area (Å²) in [5.41, 5.74) is 0. The predicted molar refractivity (Wildman–Crippen MR) is 47.1 cm³/mol. The lowest BCUT2D eigenvalue weighted by Gasteiger charge is -2.12. The molecule has 0 aromatic carbocycles. The van der Waals surface area contributed by atoms with Gasteiger partial charge in [0.05, 0.1) is 12.1 Å². The molecule has 0 aliphatic rings. The molecule has 0 rings (SSSR count). The molecule has 7 heteroatoms. The lowest BCUT2D eigenvalue weighted by Crippen LogP contribution is -2.25. The molecular weight excluding hydrogens is 220 g/mol. The molecule has 78 valence electrons. The number of esters is 1. The lowest BCUT2D eigenvalue weighted by atomic mass is 10.4. The standard InChI is InChI=1S/C6H11ClO5S/c1-5(8)12-6(3-7)4-11-13(2,9)10/h6H,3-4H2,1-2H3/t6-/m0/s1. The summed E-state index contributed by atoms with van der Waals surface area (Å²) in [7, 11) is -3.52. The molecule has 0 radical (unpaired) electrons. The van der Waals surface area contributed by atoms with Gasteiger partial charge in [-0.25, -0.2) is 0 Å². The summed E-state index contributed by atoms with van der Waals surface area (Å²) in [6.45, 7) is 0.960. The van der Waals surface area contributed by atoms with Gasteiger partial charge in [0.2, 0.25) is 0 Å². The number of hydrogen-bond donors (Lipinski definition) is 0. The molecule has 0 amide bonds. The van der Waals surface area contributed by atoms with E-state index in [1.807, 2.05) is 0 Å². The predicted octanol–water partition coefficient (Wildman–Crippen LogP) is 0.133. The second-order valence-corrected chi connectivity index (χ2v) is 4.33. The number of hydrogen-bond acceptors (Lipinski definition) is 5. The van der Waals surface area contributed by atoms with Gasteiger partial charge in [-0.1, -0.05) is 0 Å². The molecule has 0 N–H and O–H groups in total. The van der Waals surface area contributed by atoms with E-state index in [9.17, 15) is 13.2 Å². The molecule has 0 unspecified atom stereocenters. The van der Waals surface area contributed by atoms with Crippen molar-refractivity contribution in [3.8, 4) is 0 Å². The monoisotopic (exact) mass is 230 g/mol. The van der Waals surface area contributed by atoms with Crippen molar-refractivity contribution in [2.75, 3.05) is 18.7 Å². The quantitative estimate of drug-likeness (QED) is 0.382. The summed E-state index contributed by atoms with van der Waals surface area (Å²) < 4.78 is 30.1. The average Bonchev–Trinajstić information content (AvgIpc) is 1.95. The van der Waals surface area contributed by atoms with E-state index in [0.29, 0.717) is 0 Å². The van der Waals surface area contributed by atoms with Crippen LogP contribution in [0.25, 0.3) is 0 Å². The van der Waals surface area contributed by atoms with Crippen LogP contribution in [0.15, 0.2) is 0 Å². The fourth-order valence-corrected chi connectivity index (χ4v) is 1.10. The van der Waals surface area contributed by atoms with Gasteiger partial charge in [0, 0.05) is 6.92 Å². The van der Waals surface area contributed by atoms with E-state index in [1.54, 1.807) is 0 Å². The molecule has 0 aliphatic heterocycles. The zero-order valence-electron chi connectivity index (χ0n) is 7.32. The van der Waals surface area contributed by atoms with Crippen molar-refractivity contribution in [2.24, 2.45) is 0 Å². The first-order valence-corrected chi connectivity index (χ1v) is 5.78. The van der Waals surface area contributed by atoms with Crippen molar-refractivity contribution in [1.29, 1.82) is 0 Å². The fourth-order valence-electron chi connectivity index (χ4n) is 0.544. The first-order chi connectivity index (χ1) is 5.85. The highest BCUT2D eigenvalue weighted by molar-refractivity contribution is 7.85. The maximum absolute atomic E-state index is 10.5. The zero-order chi connectivity index (χ0) is 10.5. The van der Waals surface area contributed by atoms with E-state index in [4.69, 9.17) is 11.6 Å². The minimum atomic E-state index is -3.52. The molecule has 0 fully saturated rings. The molecule has 0 aromatic rings. The molecule has 5 nitrogen and oxygen atoms in total. The first kappa shape index (κ1) is 12.7. The molecule has 13 heavy (non-hydrogen) atoms. The zero-order valence-corrected chi connectivity index (χ0v) is 8.89. The normalized spacial score (nSPS) is 13.8. The number of carbonyl (C=O) groups is 1. The third-order valence-corrected chi connectivity index (χ3v) is 1.88. The van der Waals surface area contributed by atoms with E-state index < -0.39 is 22.2 Å². The number of alkyl halides is 1.